The molecule has 0 saturated heterocycles. The standard InChI is InChI=1S/C6H8N6O2S/c7-6-5(3-10-11-6)15(13,14)12-4-1-8-9-2-4/h1-3,12H,(H,8,9)(H3,7,10,11). The summed E-state index contributed by atoms with van der Waals surface area (Å²) in [5.41, 5.74) is 5.72. The molecule has 0 fully saturated rings. The first-order valence-electron chi connectivity index (χ1n) is 3.90. The molecular formula is C6H8N6O2S. The number of sulfonamides is 1. The summed E-state index contributed by atoms with van der Waals surface area (Å²) in [7, 11) is -3.70. The monoisotopic (exact) mass is 228 g/mol. The van der Waals surface area contributed by atoms with Crippen molar-refractivity contribution in [1.82, 2.24) is 20.4 Å². The second-order valence-electron chi connectivity index (χ2n) is 2.74. The molecule has 9 heteroatoms. The predicted octanol–water partition coefficient (Wildman–Crippen LogP) is -0.484. The first-order valence-corrected chi connectivity index (χ1v) is 5.38. The van der Waals surface area contributed by atoms with Gasteiger partial charge >= 0.3 is 0 Å². The van der Waals surface area contributed by atoms with E-state index < -0.39 is 10.0 Å². The Labute approximate surface area is 84.9 Å². The number of aromatic nitrogens is 4. The SMILES string of the molecule is Nc1[nH]ncc1S(=O)(=O)Nc1cn[nH]c1. The summed E-state index contributed by atoms with van der Waals surface area (Å²) < 4.78 is 25.7. The fourth-order valence-corrected chi connectivity index (χ4v) is 2.07. The summed E-state index contributed by atoms with van der Waals surface area (Å²) in [5, 5.41) is 11.9. The van der Waals surface area contributed by atoms with E-state index in [-0.39, 0.29) is 10.7 Å². The molecule has 0 saturated carbocycles. The molecule has 0 aliphatic rings. The number of hydrogen-bond donors (Lipinski definition) is 4. The van der Waals surface area contributed by atoms with Crippen molar-refractivity contribution >= 4 is 21.5 Å². The average molecular weight is 228 g/mol. The second-order valence-corrected chi connectivity index (χ2v) is 4.39. The molecule has 0 radical (unpaired) electrons. The van der Waals surface area contributed by atoms with E-state index in [9.17, 15) is 8.42 Å². The number of nitrogen functional groups attached to an aromatic ring is 1. The molecule has 2 rings (SSSR count). The fraction of sp³-hybridized carbons (Fsp3) is 0. The van der Waals surface area contributed by atoms with Gasteiger partial charge in [0.1, 0.15) is 10.7 Å². The van der Waals surface area contributed by atoms with Crippen molar-refractivity contribution in [3.8, 4) is 0 Å². The Morgan fingerprint density at radius 3 is 2.67 bits per heavy atom. The van der Waals surface area contributed by atoms with Gasteiger partial charge in [0, 0.05) is 6.20 Å². The predicted molar refractivity (Wildman–Crippen MR) is 52.4 cm³/mol. The van der Waals surface area contributed by atoms with Crippen LogP contribution in [0.1, 0.15) is 0 Å². The largest absolute Gasteiger partial charge is 0.383 e. The average Bonchev–Trinajstić information content (AvgIpc) is 2.75. The van der Waals surface area contributed by atoms with Crippen molar-refractivity contribution < 1.29 is 8.42 Å². The third kappa shape index (κ3) is 1.76. The molecule has 0 aromatic carbocycles. The summed E-state index contributed by atoms with van der Waals surface area (Å²) >= 11 is 0. The highest BCUT2D eigenvalue weighted by Gasteiger charge is 2.19. The molecule has 2 aromatic rings. The van der Waals surface area contributed by atoms with Gasteiger partial charge in [0.05, 0.1) is 18.1 Å². The van der Waals surface area contributed by atoms with Crippen molar-refractivity contribution in [3.05, 3.63) is 18.6 Å². The molecule has 8 nitrogen and oxygen atoms in total. The first kappa shape index (κ1) is 9.52. The maximum absolute atomic E-state index is 11.7. The molecular weight excluding hydrogens is 220 g/mol. The third-order valence-electron chi connectivity index (χ3n) is 1.67. The molecule has 0 spiro atoms. The molecule has 15 heavy (non-hydrogen) atoms. The van der Waals surface area contributed by atoms with Gasteiger partial charge in [-0.15, -0.1) is 0 Å². The lowest BCUT2D eigenvalue weighted by atomic mass is 10.6. The Balaban J connectivity index is 2.33. The molecule has 0 bridgehead atoms. The number of nitrogens with one attached hydrogen (secondary N) is 3. The van der Waals surface area contributed by atoms with Gasteiger partial charge in [0.25, 0.3) is 10.0 Å². The smallest absolute Gasteiger partial charge is 0.267 e. The lowest BCUT2D eigenvalue weighted by molar-refractivity contribution is 0.601. The normalized spacial score (nSPS) is 11.5. The van der Waals surface area contributed by atoms with Crippen LogP contribution in [0.25, 0.3) is 0 Å². The van der Waals surface area contributed by atoms with E-state index in [4.69, 9.17) is 5.73 Å². The van der Waals surface area contributed by atoms with E-state index >= 15 is 0 Å². The van der Waals surface area contributed by atoms with Crippen LogP contribution in [0.15, 0.2) is 23.5 Å². The number of nitrogens with two attached hydrogens (primary N) is 1. The molecule has 5 N–H and O–H groups in total. The van der Waals surface area contributed by atoms with Crippen LogP contribution in [0.5, 0.6) is 0 Å². The Bertz CT molecular complexity index is 542. The van der Waals surface area contributed by atoms with Crippen LogP contribution in [-0.2, 0) is 10.0 Å². The molecule has 80 valence electrons. The maximum Gasteiger partial charge on any atom is 0.267 e. The maximum atomic E-state index is 11.7. The molecule has 0 atom stereocenters. The van der Waals surface area contributed by atoms with Crippen LogP contribution in [0.3, 0.4) is 0 Å². The van der Waals surface area contributed by atoms with Crippen molar-refractivity contribution in [2.45, 2.75) is 4.90 Å². The highest BCUT2D eigenvalue weighted by Crippen LogP contribution is 2.17. The van der Waals surface area contributed by atoms with Gasteiger partial charge in [0.2, 0.25) is 0 Å². The van der Waals surface area contributed by atoms with Crippen molar-refractivity contribution in [2.24, 2.45) is 0 Å². The number of H-pyrrole nitrogens is 2. The van der Waals surface area contributed by atoms with Crippen LogP contribution >= 0.6 is 0 Å². The second kappa shape index (κ2) is 3.28. The fourth-order valence-electron chi connectivity index (χ4n) is 1.02. The zero-order valence-corrected chi connectivity index (χ0v) is 8.25. The van der Waals surface area contributed by atoms with Crippen LogP contribution in [0.2, 0.25) is 0 Å². The molecule has 0 aliphatic carbocycles. The quantitative estimate of drug-likeness (QED) is 0.563. The van der Waals surface area contributed by atoms with E-state index in [1.165, 1.54) is 12.4 Å². The number of rotatable bonds is 3. The summed E-state index contributed by atoms with van der Waals surface area (Å²) in [5.74, 6) is -0.00834. The van der Waals surface area contributed by atoms with Gasteiger partial charge in [-0.1, -0.05) is 0 Å². The first-order chi connectivity index (χ1) is 7.09. The van der Waals surface area contributed by atoms with E-state index in [1.54, 1.807) is 0 Å². The number of anilines is 2. The molecule has 2 heterocycles. The highest BCUT2D eigenvalue weighted by molar-refractivity contribution is 7.92. The van der Waals surface area contributed by atoms with Crippen LogP contribution in [-0.4, -0.2) is 28.8 Å². The van der Waals surface area contributed by atoms with Crippen LogP contribution in [0.4, 0.5) is 11.5 Å². The van der Waals surface area contributed by atoms with Gasteiger partial charge in [0.15, 0.2) is 0 Å². The van der Waals surface area contributed by atoms with E-state index in [0.717, 1.165) is 6.20 Å². The molecule has 0 unspecified atom stereocenters. The zero-order valence-electron chi connectivity index (χ0n) is 7.43. The van der Waals surface area contributed by atoms with Crippen molar-refractivity contribution in [3.63, 3.8) is 0 Å². The van der Waals surface area contributed by atoms with Gasteiger partial charge in [-0.3, -0.25) is 14.9 Å². The Hall–Kier alpha value is -2.03. The summed E-state index contributed by atoms with van der Waals surface area (Å²) in [4.78, 5) is -0.0938. The van der Waals surface area contributed by atoms with Crippen molar-refractivity contribution in [1.29, 1.82) is 0 Å². The lowest BCUT2D eigenvalue weighted by Gasteiger charge is -2.03. The van der Waals surface area contributed by atoms with Gasteiger partial charge < -0.3 is 5.73 Å². The minimum Gasteiger partial charge on any atom is -0.383 e. The summed E-state index contributed by atoms with van der Waals surface area (Å²) in [6, 6.07) is 0. The van der Waals surface area contributed by atoms with Gasteiger partial charge in [-0.25, -0.2) is 8.42 Å². The van der Waals surface area contributed by atoms with Gasteiger partial charge in [-0.05, 0) is 0 Å². The summed E-state index contributed by atoms with van der Waals surface area (Å²) in [6.45, 7) is 0. The van der Waals surface area contributed by atoms with Gasteiger partial charge in [-0.2, -0.15) is 10.2 Å². The Morgan fingerprint density at radius 2 is 2.13 bits per heavy atom. The molecule has 0 aliphatic heterocycles. The Morgan fingerprint density at radius 1 is 1.33 bits per heavy atom. The summed E-state index contributed by atoms with van der Waals surface area (Å²) in [6.07, 6.45) is 3.89. The number of nitrogens with zero attached hydrogens (tertiary/aromatic N) is 2. The van der Waals surface area contributed by atoms with E-state index in [2.05, 4.69) is 25.1 Å². The number of aromatic amines is 2. The highest BCUT2D eigenvalue weighted by atomic mass is 32.2. The Kier molecular flexibility index (Phi) is 2.08. The molecule has 2 aromatic heterocycles. The topological polar surface area (TPSA) is 130 Å². The van der Waals surface area contributed by atoms with Crippen LogP contribution in [0, 0.1) is 0 Å². The van der Waals surface area contributed by atoms with Crippen molar-refractivity contribution in [2.75, 3.05) is 10.5 Å². The van der Waals surface area contributed by atoms with E-state index in [0.29, 0.717) is 5.69 Å². The lowest BCUT2D eigenvalue weighted by Crippen LogP contribution is -2.13. The van der Waals surface area contributed by atoms with E-state index in [1.807, 2.05) is 0 Å². The minimum atomic E-state index is -3.70. The molecule has 0 amide bonds. The number of hydrogen-bond acceptors (Lipinski definition) is 5. The van der Waals surface area contributed by atoms with Crippen LogP contribution < -0.4 is 10.5 Å². The zero-order chi connectivity index (χ0) is 10.9. The minimum absolute atomic E-state index is 0.00834. The third-order valence-corrected chi connectivity index (χ3v) is 3.08.